The van der Waals surface area contributed by atoms with Gasteiger partial charge in [0.25, 0.3) is 0 Å². The van der Waals surface area contributed by atoms with Crippen LogP contribution in [0.2, 0.25) is 0 Å². The van der Waals surface area contributed by atoms with Crippen LogP contribution in [0.4, 0.5) is 0 Å². The highest BCUT2D eigenvalue weighted by Gasteiger charge is 2.21. The molecule has 0 aliphatic heterocycles. The van der Waals surface area contributed by atoms with Gasteiger partial charge < -0.3 is 11.1 Å². The van der Waals surface area contributed by atoms with Gasteiger partial charge in [-0.15, -0.1) is 0 Å². The summed E-state index contributed by atoms with van der Waals surface area (Å²) in [6.07, 6.45) is 1.66. The number of nitrogens with two attached hydrogens (primary N) is 1. The molecule has 3 heteroatoms. The summed E-state index contributed by atoms with van der Waals surface area (Å²) in [5, 5.41) is 2.96. The minimum Gasteiger partial charge on any atom is -0.350 e. The maximum absolute atomic E-state index is 11.7. The first-order valence-electron chi connectivity index (χ1n) is 5.83. The molecule has 0 rings (SSSR count). The predicted octanol–water partition coefficient (Wildman–Crippen LogP) is 1.91. The second kappa shape index (κ2) is 6.11. The molecule has 0 fully saturated rings. The number of rotatable bonds is 6. The molecule has 0 radical (unpaired) electrons. The number of hydrogen-bond acceptors (Lipinski definition) is 2. The molecule has 15 heavy (non-hydrogen) atoms. The van der Waals surface area contributed by atoms with Crippen LogP contribution in [0.15, 0.2) is 0 Å². The summed E-state index contributed by atoms with van der Waals surface area (Å²) in [5.74, 6) is 1.14. The number of hydrogen-bond donors (Lipinski definition) is 2. The van der Waals surface area contributed by atoms with E-state index in [4.69, 9.17) is 5.73 Å². The lowest BCUT2D eigenvalue weighted by atomic mass is 9.89. The van der Waals surface area contributed by atoms with Crippen molar-refractivity contribution in [1.29, 1.82) is 0 Å². The van der Waals surface area contributed by atoms with Crippen LogP contribution in [0.5, 0.6) is 0 Å². The van der Waals surface area contributed by atoms with E-state index in [1.54, 1.807) is 0 Å². The molecule has 0 heterocycles. The van der Waals surface area contributed by atoms with Gasteiger partial charge in [-0.05, 0) is 25.7 Å². The Labute approximate surface area is 93.8 Å². The van der Waals surface area contributed by atoms with Crippen LogP contribution >= 0.6 is 0 Å². The molecule has 0 aromatic heterocycles. The zero-order valence-electron chi connectivity index (χ0n) is 10.8. The SMILES string of the molecule is CCC(CC(=O)NC(C)(C)CN)C(C)C. The molecule has 0 saturated heterocycles. The van der Waals surface area contributed by atoms with Crippen LogP contribution in [0, 0.1) is 11.8 Å². The van der Waals surface area contributed by atoms with Crippen LogP contribution < -0.4 is 11.1 Å². The van der Waals surface area contributed by atoms with E-state index in [1.165, 1.54) is 0 Å². The third-order valence-corrected chi connectivity index (χ3v) is 2.90. The van der Waals surface area contributed by atoms with Crippen molar-refractivity contribution in [2.75, 3.05) is 6.54 Å². The van der Waals surface area contributed by atoms with Crippen molar-refractivity contribution in [3.05, 3.63) is 0 Å². The Hall–Kier alpha value is -0.570. The predicted molar refractivity (Wildman–Crippen MR) is 64.5 cm³/mol. The number of amides is 1. The van der Waals surface area contributed by atoms with Crippen molar-refractivity contribution in [1.82, 2.24) is 5.32 Å². The van der Waals surface area contributed by atoms with E-state index >= 15 is 0 Å². The monoisotopic (exact) mass is 214 g/mol. The zero-order chi connectivity index (χ0) is 12.1. The van der Waals surface area contributed by atoms with Gasteiger partial charge in [-0.25, -0.2) is 0 Å². The summed E-state index contributed by atoms with van der Waals surface area (Å²) in [6, 6.07) is 0. The van der Waals surface area contributed by atoms with Gasteiger partial charge in [0, 0.05) is 18.5 Å². The smallest absolute Gasteiger partial charge is 0.220 e. The van der Waals surface area contributed by atoms with E-state index in [-0.39, 0.29) is 11.4 Å². The van der Waals surface area contributed by atoms with Gasteiger partial charge in [-0.3, -0.25) is 4.79 Å². The Bertz CT molecular complexity index is 200. The average molecular weight is 214 g/mol. The van der Waals surface area contributed by atoms with Crippen molar-refractivity contribution in [3.63, 3.8) is 0 Å². The maximum Gasteiger partial charge on any atom is 0.220 e. The van der Waals surface area contributed by atoms with Gasteiger partial charge in [0.2, 0.25) is 5.91 Å². The fourth-order valence-electron chi connectivity index (χ4n) is 1.57. The highest BCUT2D eigenvalue weighted by atomic mass is 16.1. The third-order valence-electron chi connectivity index (χ3n) is 2.90. The number of carbonyl (C=O) groups is 1. The van der Waals surface area contributed by atoms with E-state index < -0.39 is 0 Å². The van der Waals surface area contributed by atoms with Crippen molar-refractivity contribution >= 4 is 5.91 Å². The molecule has 0 aliphatic carbocycles. The molecule has 0 spiro atoms. The van der Waals surface area contributed by atoms with E-state index in [9.17, 15) is 4.79 Å². The molecule has 0 aliphatic rings. The largest absolute Gasteiger partial charge is 0.350 e. The minimum absolute atomic E-state index is 0.117. The third kappa shape index (κ3) is 5.78. The van der Waals surface area contributed by atoms with E-state index in [0.29, 0.717) is 24.8 Å². The second-order valence-corrected chi connectivity index (χ2v) is 5.25. The van der Waals surface area contributed by atoms with Gasteiger partial charge in [0.1, 0.15) is 0 Å². The average Bonchev–Trinajstić information content (AvgIpc) is 2.13. The number of carbonyl (C=O) groups excluding carboxylic acids is 1. The van der Waals surface area contributed by atoms with Gasteiger partial charge in [0.15, 0.2) is 0 Å². The molecule has 0 aromatic rings. The van der Waals surface area contributed by atoms with Crippen LogP contribution in [0.3, 0.4) is 0 Å². The first-order valence-corrected chi connectivity index (χ1v) is 5.83. The van der Waals surface area contributed by atoms with E-state index in [0.717, 1.165) is 6.42 Å². The van der Waals surface area contributed by atoms with E-state index in [2.05, 4.69) is 26.1 Å². The van der Waals surface area contributed by atoms with Crippen LogP contribution in [0.25, 0.3) is 0 Å². The molecule has 0 bridgehead atoms. The Kier molecular flexibility index (Phi) is 5.88. The summed E-state index contributed by atoms with van der Waals surface area (Å²) in [7, 11) is 0. The molecule has 0 saturated carbocycles. The molecule has 3 nitrogen and oxygen atoms in total. The Morgan fingerprint density at radius 1 is 1.40 bits per heavy atom. The van der Waals surface area contributed by atoms with Gasteiger partial charge in [-0.1, -0.05) is 27.2 Å². The molecule has 0 aromatic carbocycles. The Morgan fingerprint density at radius 3 is 2.27 bits per heavy atom. The summed E-state index contributed by atoms with van der Waals surface area (Å²) in [6.45, 7) is 10.8. The van der Waals surface area contributed by atoms with Gasteiger partial charge in [-0.2, -0.15) is 0 Å². The lowest BCUT2D eigenvalue weighted by molar-refractivity contribution is -0.123. The van der Waals surface area contributed by atoms with Crippen molar-refractivity contribution < 1.29 is 4.79 Å². The highest BCUT2D eigenvalue weighted by molar-refractivity contribution is 5.77. The maximum atomic E-state index is 11.7. The minimum atomic E-state index is -0.285. The van der Waals surface area contributed by atoms with Gasteiger partial charge >= 0.3 is 0 Å². The summed E-state index contributed by atoms with van der Waals surface area (Å²) >= 11 is 0. The van der Waals surface area contributed by atoms with Crippen molar-refractivity contribution in [2.45, 2.75) is 53.0 Å². The molecular weight excluding hydrogens is 188 g/mol. The van der Waals surface area contributed by atoms with Crippen LogP contribution in [0.1, 0.15) is 47.5 Å². The molecular formula is C12H26N2O. The fourth-order valence-corrected chi connectivity index (χ4v) is 1.57. The van der Waals surface area contributed by atoms with Crippen molar-refractivity contribution in [3.8, 4) is 0 Å². The fraction of sp³-hybridized carbons (Fsp3) is 0.917. The lowest BCUT2D eigenvalue weighted by Crippen LogP contribution is -2.49. The standard InChI is InChI=1S/C12H26N2O/c1-6-10(9(2)3)7-11(15)14-12(4,5)8-13/h9-10H,6-8,13H2,1-5H3,(H,14,15). The lowest BCUT2D eigenvalue weighted by Gasteiger charge is -2.26. The zero-order valence-corrected chi connectivity index (χ0v) is 10.8. The van der Waals surface area contributed by atoms with Crippen LogP contribution in [-0.4, -0.2) is 18.0 Å². The second-order valence-electron chi connectivity index (χ2n) is 5.25. The normalized spacial score (nSPS) is 14.1. The first-order chi connectivity index (χ1) is 6.82. The molecule has 1 unspecified atom stereocenters. The quantitative estimate of drug-likeness (QED) is 0.709. The summed E-state index contributed by atoms with van der Waals surface area (Å²) in [4.78, 5) is 11.7. The number of nitrogens with one attached hydrogen (secondary N) is 1. The first kappa shape index (κ1) is 14.4. The van der Waals surface area contributed by atoms with Crippen LogP contribution in [-0.2, 0) is 4.79 Å². The topological polar surface area (TPSA) is 55.1 Å². The molecule has 90 valence electrons. The van der Waals surface area contributed by atoms with Crippen molar-refractivity contribution in [2.24, 2.45) is 17.6 Å². The molecule has 1 atom stereocenters. The molecule has 1 amide bonds. The van der Waals surface area contributed by atoms with Gasteiger partial charge in [0.05, 0.1) is 0 Å². The molecule has 3 N–H and O–H groups in total. The Balaban J connectivity index is 4.13. The summed E-state index contributed by atoms with van der Waals surface area (Å²) in [5.41, 5.74) is 5.28. The Morgan fingerprint density at radius 2 is 1.93 bits per heavy atom. The highest BCUT2D eigenvalue weighted by Crippen LogP contribution is 2.19. The van der Waals surface area contributed by atoms with E-state index in [1.807, 2.05) is 13.8 Å². The summed E-state index contributed by atoms with van der Waals surface area (Å²) < 4.78 is 0.